The average Bonchev–Trinajstić information content (AvgIpc) is 3.07. The maximum atomic E-state index is 15.2. The number of hydrogen-bond acceptors (Lipinski definition) is 5. The minimum Gasteiger partial charge on any atom is -0.309 e. The molecule has 118 valence electrons. The summed E-state index contributed by atoms with van der Waals surface area (Å²) >= 11 is 0. The van der Waals surface area contributed by atoms with Crippen LogP contribution >= 0.6 is 0 Å². The quantitative estimate of drug-likeness (QED) is 0.561. The number of alkyl halides is 1. The third-order valence-electron chi connectivity index (χ3n) is 4.52. The van der Waals surface area contributed by atoms with E-state index in [1.54, 1.807) is 6.07 Å². The highest BCUT2D eigenvalue weighted by Gasteiger charge is 2.57. The molecule has 0 radical (unpaired) electrons. The van der Waals surface area contributed by atoms with E-state index in [0.29, 0.717) is 23.6 Å². The summed E-state index contributed by atoms with van der Waals surface area (Å²) in [5.41, 5.74) is 1.79. The predicted octanol–water partition coefficient (Wildman–Crippen LogP) is -0.0118. The van der Waals surface area contributed by atoms with Crippen LogP contribution in [0.2, 0.25) is 0 Å². The van der Waals surface area contributed by atoms with Crippen molar-refractivity contribution in [1.29, 1.82) is 0 Å². The molecule has 0 spiro atoms. The van der Waals surface area contributed by atoms with Crippen molar-refractivity contribution < 1.29 is 23.6 Å². The molecule has 1 atom stereocenters. The normalized spacial score (nSPS) is 26.4. The van der Waals surface area contributed by atoms with Gasteiger partial charge in [0, 0.05) is 25.9 Å². The molecule has 1 fully saturated rings. The molecule has 4 rings (SSSR count). The highest BCUT2D eigenvalue weighted by Crippen LogP contribution is 2.38. The van der Waals surface area contributed by atoms with Crippen LogP contribution in [0.4, 0.5) is 4.39 Å². The fourth-order valence-electron chi connectivity index (χ4n) is 3.34. The monoisotopic (exact) mass is 317 g/mol. The second kappa shape index (κ2) is 4.45. The van der Waals surface area contributed by atoms with Crippen molar-refractivity contribution in [1.82, 2.24) is 15.5 Å². The first kappa shape index (κ1) is 14.0. The molecular formula is C15H12FN3O4. The van der Waals surface area contributed by atoms with Gasteiger partial charge >= 0.3 is 0 Å². The fourth-order valence-corrected chi connectivity index (χ4v) is 3.34. The lowest BCUT2D eigenvalue weighted by molar-refractivity contribution is -0.151. The lowest BCUT2D eigenvalue weighted by Crippen LogP contribution is -2.61. The SMILES string of the molecule is O=C1CCC(F)(N2C(=O)c3ccc4c(c3C2=O)CNC4)C(=O)N1. The molecule has 3 heterocycles. The summed E-state index contributed by atoms with van der Waals surface area (Å²) in [4.78, 5) is 48.7. The zero-order valence-electron chi connectivity index (χ0n) is 11.9. The Morgan fingerprint density at radius 2 is 1.87 bits per heavy atom. The number of rotatable bonds is 1. The van der Waals surface area contributed by atoms with Crippen LogP contribution in [0.5, 0.6) is 0 Å². The van der Waals surface area contributed by atoms with E-state index in [1.807, 2.05) is 5.32 Å². The number of carbonyl (C=O) groups excluding carboxylic acids is 4. The Labute approximate surface area is 129 Å². The van der Waals surface area contributed by atoms with Gasteiger partial charge in [0.25, 0.3) is 23.5 Å². The molecule has 1 unspecified atom stereocenters. The van der Waals surface area contributed by atoms with Gasteiger partial charge in [-0.25, -0.2) is 9.29 Å². The van der Waals surface area contributed by atoms with Gasteiger partial charge in [-0.1, -0.05) is 6.07 Å². The van der Waals surface area contributed by atoms with Crippen LogP contribution in [0.1, 0.15) is 44.7 Å². The number of hydrogen-bond donors (Lipinski definition) is 2. The zero-order chi connectivity index (χ0) is 16.4. The van der Waals surface area contributed by atoms with Crippen molar-refractivity contribution in [3.63, 3.8) is 0 Å². The molecule has 1 aromatic rings. The van der Waals surface area contributed by atoms with Gasteiger partial charge in [-0.2, -0.15) is 0 Å². The smallest absolute Gasteiger partial charge is 0.285 e. The van der Waals surface area contributed by atoms with E-state index in [9.17, 15) is 19.2 Å². The molecular weight excluding hydrogens is 305 g/mol. The molecule has 0 bridgehead atoms. The van der Waals surface area contributed by atoms with Crippen molar-refractivity contribution in [2.24, 2.45) is 0 Å². The summed E-state index contributed by atoms with van der Waals surface area (Å²) in [6.07, 6.45) is -0.793. The lowest BCUT2D eigenvalue weighted by Gasteiger charge is -2.34. The minimum atomic E-state index is -2.83. The summed E-state index contributed by atoms with van der Waals surface area (Å²) in [5, 5.41) is 4.93. The number of benzene rings is 1. The van der Waals surface area contributed by atoms with Crippen LogP contribution in [0.25, 0.3) is 0 Å². The molecule has 2 N–H and O–H groups in total. The van der Waals surface area contributed by atoms with E-state index in [2.05, 4.69) is 5.32 Å². The van der Waals surface area contributed by atoms with Crippen molar-refractivity contribution in [2.45, 2.75) is 31.7 Å². The van der Waals surface area contributed by atoms with Gasteiger partial charge in [-0.15, -0.1) is 0 Å². The van der Waals surface area contributed by atoms with Crippen LogP contribution in [0, 0.1) is 0 Å². The topological polar surface area (TPSA) is 95.6 Å². The summed E-state index contributed by atoms with van der Waals surface area (Å²) in [6, 6.07) is 3.20. The number of amides is 4. The Kier molecular flexibility index (Phi) is 2.71. The van der Waals surface area contributed by atoms with Crippen LogP contribution in [0.3, 0.4) is 0 Å². The minimum absolute atomic E-state index is 0.0965. The van der Waals surface area contributed by atoms with E-state index in [1.165, 1.54) is 6.07 Å². The fraction of sp³-hybridized carbons (Fsp3) is 0.333. The maximum absolute atomic E-state index is 15.2. The maximum Gasteiger partial charge on any atom is 0.285 e. The second-order valence-electron chi connectivity index (χ2n) is 5.81. The van der Waals surface area contributed by atoms with Gasteiger partial charge in [0.15, 0.2) is 0 Å². The molecule has 7 nitrogen and oxygen atoms in total. The molecule has 0 aromatic heterocycles. The Morgan fingerprint density at radius 1 is 1.09 bits per heavy atom. The highest BCUT2D eigenvalue weighted by molar-refractivity contribution is 6.24. The van der Waals surface area contributed by atoms with Crippen molar-refractivity contribution in [2.75, 3.05) is 0 Å². The zero-order valence-corrected chi connectivity index (χ0v) is 11.9. The summed E-state index contributed by atoms with van der Waals surface area (Å²) < 4.78 is 15.2. The first-order valence-electron chi connectivity index (χ1n) is 7.21. The molecule has 1 saturated heterocycles. The first-order valence-corrected chi connectivity index (χ1v) is 7.21. The van der Waals surface area contributed by atoms with Gasteiger partial charge in [-0.05, 0) is 17.2 Å². The van der Waals surface area contributed by atoms with Gasteiger partial charge < -0.3 is 5.32 Å². The van der Waals surface area contributed by atoms with Crippen LogP contribution < -0.4 is 10.6 Å². The Bertz CT molecular complexity index is 806. The van der Waals surface area contributed by atoms with Crippen molar-refractivity contribution in [3.05, 3.63) is 34.4 Å². The average molecular weight is 317 g/mol. The predicted molar refractivity (Wildman–Crippen MR) is 73.7 cm³/mol. The number of nitrogens with one attached hydrogen (secondary N) is 2. The van der Waals surface area contributed by atoms with E-state index >= 15 is 4.39 Å². The molecule has 4 amide bonds. The summed E-state index contributed by atoms with van der Waals surface area (Å²) in [5.74, 6) is -6.38. The van der Waals surface area contributed by atoms with Crippen LogP contribution in [-0.2, 0) is 22.7 Å². The Hall–Kier alpha value is -2.61. The molecule has 3 aliphatic rings. The molecule has 8 heteroatoms. The molecule has 0 aliphatic carbocycles. The number of nitrogens with zero attached hydrogens (tertiary/aromatic N) is 1. The Morgan fingerprint density at radius 3 is 2.61 bits per heavy atom. The second-order valence-corrected chi connectivity index (χ2v) is 5.81. The van der Waals surface area contributed by atoms with Crippen LogP contribution in [0.15, 0.2) is 12.1 Å². The number of piperidine rings is 1. The largest absolute Gasteiger partial charge is 0.309 e. The highest BCUT2D eigenvalue weighted by atomic mass is 19.1. The summed E-state index contributed by atoms with van der Waals surface area (Å²) in [6.45, 7) is 0.981. The van der Waals surface area contributed by atoms with E-state index in [4.69, 9.17) is 0 Å². The number of halogens is 1. The van der Waals surface area contributed by atoms with Gasteiger partial charge in [0.1, 0.15) is 0 Å². The first-order chi connectivity index (χ1) is 10.9. The third kappa shape index (κ3) is 1.72. The number of imide groups is 2. The molecule has 0 saturated carbocycles. The van der Waals surface area contributed by atoms with Crippen LogP contribution in [-0.4, -0.2) is 34.3 Å². The number of fused-ring (bicyclic) bond motifs is 3. The Balaban J connectivity index is 1.81. The lowest BCUT2D eigenvalue weighted by atomic mass is 9.99. The van der Waals surface area contributed by atoms with Crippen molar-refractivity contribution in [3.8, 4) is 0 Å². The van der Waals surface area contributed by atoms with Gasteiger partial charge in [0.05, 0.1) is 11.1 Å². The van der Waals surface area contributed by atoms with Gasteiger partial charge in [-0.3, -0.25) is 24.5 Å². The van der Waals surface area contributed by atoms with E-state index in [0.717, 1.165) is 5.56 Å². The standard InChI is InChI=1S/C15H12FN3O4/c16-15(4-3-10(20)18-14(15)23)19-12(21)8-2-1-7-5-17-6-9(7)11(8)13(19)22/h1-2,17H,3-6H2,(H,18,20,23). The van der Waals surface area contributed by atoms with E-state index < -0.39 is 35.8 Å². The van der Waals surface area contributed by atoms with Gasteiger partial charge in [0.2, 0.25) is 5.91 Å². The number of carbonyl (C=O) groups is 4. The molecule has 23 heavy (non-hydrogen) atoms. The molecule has 3 aliphatic heterocycles. The van der Waals surface area contributed by atoms with Crippen molar-refractivity contribution >= 4 is 23.6 Å². The third-order valence-corrected chi connectivity index (χ3v) is 4.52. The van der Waals surface area contributed by atoms with E-state index in [-0.39, 0.29) is 17.5 Å². The summed E-state index contributed by atoms with van der Waals surface area (Å²) in [7, 11) is 0. The molecule has 1 aromatic carbocycles.